The van der Waals surface area contributed by atoms with Gasteiger partial charge in [-0.3, -0.25) is 0 Å². The fourth-order valence-electron chi connectivity index (χ4n) is 3.67. The van der Waals surface area contributed by atoms with Gasteiger partial charge in [0.1, 0.15) is 5.75 Å². The summed E-state index contributed by atoms with van der Waals surface area (Å²) in [6.07, 6.45) is 7.97. The molecular formula is C16H24N2O. The van der Waals surface area contributed by atoms with Crippen molar-refractivity contribution in [2.45, 2.75) is 50.6 Å². The Bertz CT molecular complexity index is 398. The number of phenols is 1. The number of hydrogen-bond acceptors (Lipinski definition) is 3. The molecule has 1 aromatic rings. The third-order valence-electron chi connectivity index (χ3n) is 4.65. The Balaban J connectivity index is 1.67. The molecule has 3 atom stereocenters. The van der Waals surface area contributed by atoms with Crippen LogP contribution in [0.2, 0.25) is 0 Å². The fourth-order valence-corrected chi connectivity index (χ4v) is 3.67. The lowest BCUT2D eigenvalue weighted by Crippen LogP contribution is -2.43. The molecule has 1 saturated heterocycles. The van der Waals surface area contributed by atoms with Crippen LogP contribution in [0.15, 0.2) is 24.3 Å². The summed E-state index contributed by atoms with van der Waals surface area (Å²) in [5.74, 6) is 1.09. The average molecular weight is 260 g/mol. The van der Waals surface area contributed by atoms with E-state index < -0.39 is 0 Å². The molecule has 19 heavy (non-hydrogen) atoms. The van der Waals surface area contributed by atoms with Crippen LogP contribution >= 0.6 is 0 Å². The quantitative estimate of drug-likeness (QED) is 0.732. The summed E-state index contributed by atoms with van der Waals surface area (Å²) in [7, 11) is 0. The first-order chi connectivity index (χ1) is 9.33. The first-order valence-corrected chi connectivity index (χ1v) is 7.62. The van der Waals surface area contributed by atoms with Gasteiger partial charge in [0.25, 0.3) is 0 Å². The molecule has 1 aliphatic heterocycles. The summed E-state index contributed by atoms with van der Waals surface area (Å²) in [6.45, 7) is 1.19. The van der Waals surface area contributed by atoms with Crippen LogP contribution in [0.4, 0.5) is 5.69 Å². The van der Waals surface area contributed by atoms with Gasteiger partial charge in [-0.1, -0.05) is 12.8 Å². The summed E-state index contributed by atoms with van der Waals surface area (Å²) >= 11 is 0. The molecule has 1 aromatic carbocycles. The summed E-state index contributed by atoms with van der Waals surface area (Å²) in [6, 6.07) is 8.75. The monoisotopic (exact) mass is 260 g/mol. The van der Waals surface area contributed by atoms with Gasteiger partial charge >= 0.3 is 0 Å². The molecule has 1 aliphatic carbocycles. The summed E-state index contributed by atoms with van der Waals surface area (Å²) in [5.41, 5.74) is 1.13. The lowest BCUT2D eigenvalue weighted by Gasteiger charge is -2.36. The van der Waals surface area contributed by atoms with Crippen LogP contribution in [-0.2, 0) is 0 Å². The third-order valence-corrected chi connectivity index (χ3v) is 4.65. The van der Waals surface area contributed by atoms with E-state index in [-0.39, 0.29) is 0 Å². The van der Waals surface area contributed by atoms with Crippen LogP contribution < -0.4 is 10.6 Å². The molecule has 104 valence electrons. The van der Waals surface area contributed by atoms with Crippen LogP contribution in [-0.4, -0.2) is 23.7 Å². The van der Waals surface area contributed by atoms with Crippen molar-refractivity contribution >= 4 is 5.69 Å². The van der Waals surface area contributed by atoms with Gasteiger partial charge in [-0.2, -0.15) is 0 Å². The van der Waals surface area contributed by atoms with Crippen molar-refractivity contribution in [3.63, 3.8) is 0 Å². The van der Waals surface area contributed by atoms with Crippen molar-refractivity contribution in [3.8, 4) is 5.75 Å². The van der Waals surface area contributed by atoms with Gasteiger partial charge in [-0.25, -0.2) is 0 Å². The van der Waals surface area contributed by atoms with Gasteiger partial charge in [0.05, 0.1) is 0 Å². The van der Waals surface area contributed by atoms with E-state index in [0.29, 0.717) is 17.8 Å². The van der Waals surface area contributed by atoms with Gasteiger partial charge in [0.15, 0.2) is 0 Å². The number of nitrogens with one attached hydrogen (secondary N) is 2. The Morgan fingerprint density at radius 1 is 1.00 bits per heavy atom. The molecule has 0 bridgehead atoms. The van der Waals surface area contributed by atoms with Gasteiger partial charge in [0.2, 0.25) is 0 Å². The van der Waals surface area contributed by atoms with Gasteiger partial charge < -0.3 is 15.7 Å². The topological polar surface area (TPSA) is 44.3 Å². The van der Waals surface area contributed by atoms with E-state index in [1.165, 1.54) is 45.1 Å². The molecule has 0 amide bonds. The highest BCUT2D eigenvalue weighted by Crippen LogP contribution is 2.32. The third kappa shape index (κ3) is 3.03. The van der Waals surface area contributed by atoms with Crippen molar-refractivity contribution in [2.75, 3.05) is 11.9 Å². The predicted molar refractivity (Wildman–Crippen MR) is 78.5 cm³/mol. The van der Waals surface area contributed by atoms with Crippen LogP contribution in [0, 0.1) is 5.92 Å². The number of hydrogen-bond donors (Lipinski definition) is 3. The molecule has 2 aliphatic rings. The summed E-state index contributed by atoms with van der Waals surface area (Å²) < 4.78 is 0. The molecule has 0 aromatic heterocycles. The van der Waals surface area contributed by atoms with Gasteiger partial charge in [0, 0.05) is 17.8 Å². The second-order valence-electron chi connectivity index (χ2n) is 5.95. The Hall–Kier alpha value is -1.22. The second-order valence-corrected chi connectivity index (χ2v) is 5.95. The molecule has 3 N–H and O–H groups in total. The molecule has 3 unspecified atom stereocenters. The highest BCUT2D eigenvalue weighted by atomic mass is 16.3. The number of anilines is 1. The number of rotatable bonds is 3. The molecule has 2 fully saturated rings. The van der Waals surface area contributed by atoms with Crippen LogP contribution in [0.3, 0.4) is 0 Å². The zero-order valence-corrected chi connectivity index (χ0v) is 11.4. The van der Waals surface area contributed by atoms with Gasteiger partial charge in [-0.15, -0.1) is 0 Å². The maximum Gasteiger partial charge on any atom is 0.115 e. The highest BCUT2D eigenvalue weighted by molar-refractivity contribution is 5.47. The average Bonchev–Trinajstić information content (AvgIpc) is 2.96. The molecule has 3 rings (SSSR count). The minimum absolute atomic E-state index is 0.336. The lowest BCUT2D eigenvalue weighted by molar-refractivity contribution is 0.263. The maximum absolute atomic E-state index is 9.35. The lowest BCUT2D eigenvalue weighted by atomic mass is 9.79. The Labute approximate surface area is 115 Å². The van der Waals surface area contributed by atoms with E-state index in [9.17, 15) is 5.11 Å². The first kappa shape index (κ1) is 12.8. The fraction of sp³-hybridized carbons (Fsp3) is 0.625. The number of phenolic OH excluding ortho intramolecular Hbond substituents is 1. The number of benzene rings is 1. The predicted octanol–water partition coefficient (Wildman–Crippen LogP) is 3.11. The van der Waals surface area contributed by atoms with Crippen LogP contribution in [0.5, 0.6) is 5.75 Å². The van der Waals surface area contributed by atoms with Crippen molar-refractivity contribution < 1.29 is 5.11 Å². The van der Waals surface area contributed by atoms with Crippen molar-refractivity contribution in [1.29, 1.82) is 0 Å². The zero-order chi connectivity index (χ0) is 13.1. The van der Waals surface area contributed by atoms with Gasteiger partial charge in [-0.05, 0) is 62.4 Å². The SMILES string of the molecule is Oc1ccc(NC2CCCCC2C2CCCN2)cc1. The first-order valence-electron chi connectivity index (χ1n) is 7.62. The molecule has 1 heterocycles. The minimum atomic E-state index is 0.336. The molecule has 1 saturated carbocycles. The van der Waals surface area contributed by atoms with E-state index in [1.807, 2.05) is 12.1 Å². The minimum Gasteiger partial charge on any atom is -0.508 e. The summed E-state index contributed by atoms with van der Waals surface area (Å²) in [5, 5.41) is 16.7. The molecule has 3 nitrogen and oxygen atoms in total. The van der Waals surface area contributed by atoms with Crippen LogP contribution in [0.25, 0.3) is 0 Å². The highest BCUT2D eigenvalue weighted by Gasteiger charge is 2.33. The molecular weight excluding hydrogens is 236 g/mol. The summed E-state index contributed by atoms with van der Waals surface area (Å²) in [4.78, 5) is 0. The molecule has 0 radical (unpaired) electrons. The van der Waals surface area contributed by atoms with E-state index in [4.69, 9.17) is 0 Å². The zero-order valence-electron chi connectivity index (χ0n) is 11.4. The Morgan fingerprint density at radius 3 is 2.53 bits per heavy atom. The second kappa shape index (κ2) is 5.83. The number of aromatic hydroxyl groups is 1. The smallest absolute Gasteiger partial charge is 0.115 e. The van der Waals surface area contributed by atoms with E-state index in [2.05, 4.69) is 10.6 Å². The van der Waals surface area contributed by atoms with E-state index >= 15 is 0 Å². The largest absolute Gasteiger partial charge is 0.508 e. The van der Waals surface area contributed by atoms with Crippen molar-refractivity contribution in [2.24, 2.45) is 5.92 Å². The maximum atomic E-state index is 9.35. The standard InChI is InChI=1S/C16H24N2O/c19-13-9-7-12(8-10-13)18-16-5-2-1-4-14(16)15-6-3-11-17-15/h7-10,14-19H,1-6,11H2. The Kier molecular flexibility index (Phi) is 3.92. The van der Waals surface area contributed by atoms with E-state index in [0.717, 1.165) is 11.6 Å². The molecule has 3 heteroatoms. The molecule has 0 spiro atoms. The van der Waals surface area contributed by atoms with Crippen LogP contribution in [0.1, 0.15) is 38.5 Å². The normalized spacial score (nSPS) is 31.3. The van der Waals surface area contributed by atoms with E-state index in [1.54, 1.807) is 12.1 Å². The Morgan fingerprint density at radius 2 is 1.79 bits per heavy atom. The van der Waals surface area contributed by atoms with Crippen molar-refractivity contribution in [3.05, 3.63) is 24.3 Å². The van der Waals surface area contributed by atoms with Crippen molar-refractivity contribution in [1.82, 2.24) is 5.32 Å².